The number of hydrogen-bond acceptors (Lipinski definition) is 8. The molecule has 1 aromatic heterocycles. The summed E-state index contributed by atoms with van der Waals surface area (Å²) in [5.41, 5.74) is 6.00. The van der Waals surface area contributed by atoms with E-state index < -0.39 is 33.8 Å². The minimum absolute atomic E-state index is 0.0440. The number of ether oxygens (including phenoxy) is 1. The summed E-state index contributed by atoms with van der Waals surface area (Å²) in [4.78, 5) is 44.6. The number of amides is 2. The first kappa shape index (κ1) is 33.7. The van der Waals surface area contributed by atoms with Crippen LogP contribution in [0.15, 0.2) is 113 Å². The van der Waals surface area contributed by atoms with E-state index in [4.69, 9.17) is 4.74 Å². The predicted molar refractivity (Wildman–Crippen MR) is 188 cm³/mol. The van der Waals surface area contributed by atoms with Gasteiger partial charge < -0.3 is 15.4 Å². The Bertz CT molecular complexity index is 2070. The van der Waals surface area contributed by atoms with Crippen LogP contribution in [0.5, 0.6) is 0 Å². The van der Waals surface area contributed by atoms with Crippen LogP contribution in [-0.4, -0.2) is 68.8 Å². The highest BCUT2D eigenvalue weighted by molar-refractivity contribution is 7.89. The number of fused-ring (bicyclic) bond motifs is 3. The second-order valence-corrected chi connectivity index (χ2v) is 14.8. The summed E-state index contributed by atoms with van der Waals surface area (Å²) in [6, 6.07) is 29.9. The van der Waals surface area contributed by atoms with Crippen molar-refractivity contribution in [3.63, 3.8) is 0 Å². The zero-order chi connectivity index (χ0) is 34.5. The van der Waals surface area contributed by atoms with E-state index in [1.54, 1.807) is 0 Å². The van der Waals surface area contributed by atoms with E-state index in [0.717, 1.165) is 37.8 Å². The fourth-order valence-electron chi connectivity index (χ4n) is 5.74. The van der Waals surface area contributed by atoms with Crippen LogP contribution in [0.4, 0.5) is 4.79 Å². The molecule has 4 aromatic carbocycles. The van der Waals surface area contributed by atoms with Crippen molar-refractivity contribution in [2.24, 2.45) is 0 Å². The molecule has 0 saturated heterocycles. The zero-order valence-corrected chi connectivity index (χ0v) is 28.5. The van der Waals surface area contributed by atoms with Gasteiger partial charge in [0.2, 0.25) is 10.0 Å². The smallest absolute Gasteiger partial charge is 0.407 e. The van der Waals surface area contributed by atoms with Gasteiger partial charge in [0.15, 0.2) is 5.78 Å². The molecular formula is C37H34N4O6S2. The molecule has 2 N–H and O–H groups in total. The molecule has 10 nitrogen and oxygen atoms in total. The van der Waals surface area contributed by atoms with Gasteiger partial charge in [-0.3, -0.25) is 9.59 Å². The van der Waals surface area contributed by atoms with Gasteiger partial charge in [-0.1, -0.05) is 84.9 Å². The van der Waals surface area contributed by atoms with Crippen LogP contribution in [0, 0.1) is 0 Å². The predicted octanol–water partition coefficient (Wildman–Crippen LogP) is 5.51. The van der Waals surface area contributed by atoms with E-state index >= 15 is 0 Å². The minimum Gasteiger partial charge on any atom is -0.449 e. The highest BCUT2D eigenvalue weighted by Crippen LogP contribution is 2.44. The summed E-state index contributed by atoms with van der Waals surface area (Å²) >= 11 is 1.32. The molecule has 1 heterocycles. The molecule has 5 aromatic rings. The molecule has 0 radical (unpaired) electrons. The molecule has 1 aliphatic rings. The van der Waals surface area contributed by atoms with Gasteiger partial charge in [0, 0.05) is 43.1 Å². The number of ketones is 1. The molecule has 49 heavy (non-hydrogen) atoms. The number of hydrogen-bond donors (Lipinski definition) is 2. The van der Waals surface area contributed by atoms with Gasteiger partial charge in [0.25, 0.3) is 5.91 Å². The van der Waals surface area contributed by atoms with Crippen LogP contribution in [0.2, 0.25) is 0 Å². The summed E-state index contributed by atoms with van der Waals surface area (Å²) in [6.45, 7) is -0.173. The maximum absolute atomic E-state index is 13.7. The molecule has 1 aliphatic carbocycles. The van der Waals surface area contributed by atoms with Crippen molar-refractivity contribution in [1.82, 2.24) is 19.9 Å². The first-order valence-electron chi connectivity index (χ1n) is 15.6. The summed E-state index contributed by atoms with van der Waals surface area (Å²) in [7, 11) is -1.01. The molecule has 0 spiro atoms. The Morgan fingerprint density at radius 2 is 1.53 bits per heavy atom. The molecule has 0 aliphatic heterocycles. The van der Waals surface area contributed by atoms with Crippen molar-refractivity contribution in [1.29, 1.82) is 0 Å². The third-order valence-corrected chi connectivity index (χ3v) is 11.0. The summed E-state index contributed by atoms with van der Waals surface area (Å²) in [6.07, 6.45) is -0.835. The molecule has 1 atom stereocenters. The van der Waals surface area contributed by atoms with Gasteiger partial charge in [0.05, 0.1) is 17.0 Å². The molecule has 12 heteroatoms. The number of benzene rings is 4. The van der Waals surface area contributed by atoms with E-state index in [0.29, 0.717) is 5.01 Å². The Hall–Kier alpha value is -5.17. The third-order valence-electron chi connectivity index (χ3n) is 8.31. The number of sulfonamides is 1. The van der Waals surface area contributed by atoms with Crippen LogP contribution >= 0.6 is 11.3 Å². The molecule has 250 valence electrons. The lowest BCUT2D eigenvalue weighted by atomic mass is 9.98. The summed E-state index contributed by atoms with van der Waals surface area (Å²) < 4.78 is 32.1. The molecule has 0 unspecified atom stereocenters. The average Bonchev–Trinajstić information content (AvgIpc) is 3.72. The maximum Gasteiger partial charge on any atom is 0.407 e. The number of nitrogens with zero attached hydrogens (tertiary/aromatic N) is 2. The normalized spacial score (nSPS) is 13.0. The quantitative estimate of drug-likeness (QED) is 0.176. The van der Waals surface area contributed by atoms with Crippen LogP contribution in [-0.2, 0) is 26.0 Å². The van der Waals surface area contributed by atoms with Gasteiger partial charge in [-0.2, -0.15) is 0 Å². The van der Waals surface area contributed by atoms with E-state index in [9.17, 15) is 22.8 Å². The van der Waals surface area contributed by atoms with Crippen LogP contribution < -0.4 is 10.6 Å². The number of aromatic nitrogens is 1. The van der Waals surface area contributed by atoms with E-state index in [-0.39, 0.29) is 35.9 Å². The highest BCUT2D eigenvalue weighted by Gasteiger charge is 2.30. The average molecular weight is 695 g/mol. The van der Waals surface area contributed by atoms with Crippen molar-refractivity contribution in [3.8, 4) is 22.4 Å². The third kappa shape index (κ3) is 7.46. The Balaban J connectivity index is 1.16. The monoisotopic (exact) mass is 694 g/mol. The molecule has 0 fully saturated rings. The van der Waals surface area contributed by atoms with Crippen molar-refractivity contribution >= 4 is 39.1 Å². The van der Waals surface area contributed by atoms with Gasteiger partial charge in [-0.15, -0.1) is 11.3 Å². The summed E-state index contributed by atoms with van der Waals surface area (Å²) in [5, 5.41) is 7.73. The maximum atomic E-state index is 13.7. The molecule has 0 bridgehead atoms. The van der Waals surface area contributed by atoms with Crippen molar-refractivity contribution in [2.45, 2.75) is 23.3 Å². The van der Waals surface area contributed by atoms with E-state index in [1.165, 1.54) is 49.7 Å². The van der Waals surface area contributed by atoms with Gasteiger partial charge in [0.1, 0.15) is 17.7 Å². The number of Topliss-reactive ketones (excluding diaryl/α,β-unsaturated/α-hetero) is 1. The van der Waals surface area contributed by atoms with Crippen LogP contribution in [0.1, 0.15) is 32.4 Å². The lowest BCUT2D eigenvalue weighted by Gasteiger charge is -2.19. The zero-order valence-electron chi connectivity index (χ0n) is 26.8. The molecule has 0 saturated carbocycles. The van der Waals surface area contributed by atoms with Crippen LogP contribution in [0.25, 0.3) is 22.4 Å². The Kier molecular flexibility index (Phi) is 10.00. The fraction of sp³-hybridized carbons (Fsp3) is 0.189. The van der Waals surface area contributed by atoms with E-state index in [2.05, 4.69) is 15.6 Å². The number of thiazole rings is 1. The number of carbonyl (C=O) groups excluding carboxylic acids is 3. The topological polar surface area (TPSA) is 135 Å². The Morgan fingerprint density at radius 1 is 0.878 bits per heavy atom. The van der Waals surface area contributed by atoms with Crippen molar-refractivity contribution < 1.29 is 27.5 Å². The number of nitrogens with one attached hydrogen (secondary N) is 2. The molecular weight excluding hydrogens is 661 g/mol. The van der Waals surface area contributed by atoms with Crippen molar-refractivity contribution in [3.05, 3.63) is 130 Å². The van der Waals surface area contributed by atoms with Gasteiger partial charge >= 0.3 is 6.09 Å². The minimum atomic E-state index is -3.81. The highest BCUT2D eigenvalue weighted by atomic mass is 32.2. The second-order valence-electron chi connectivity index (χ2n) is 11.7. The summed E-state index contributed by atoms with van der Waals surface area (Å²) in [5.74, 6) is -1.21. The van der Waals surface area contributed by atoms with Gasteiger partial charge in [-0.25, -0.2) is 22.5 Å². The number of alkyl carbamates (subject to hydrolysis) is 1. The van der Waals surface area contributed by atoms with Gasteiger partial charge in [-0.05, 0) is 40.5 Å². The second kappa shape index (κ2) is 14.5. The molecule has 2 amide bonds. The largest absolute Gasteiger partial charge is 0.449 e. The van der Waals surface area contributed by atoms with Crippen molar-refractivity contribution in [2.75, 3.05) is 27.2 Å². The standard InChI is InChI=1S/C37H34N4O6S2/c1-41(2)49(45,46)26-14-10-13-25(19-26)36(43)40-32(34(42)20-35-39-33(23-48-35)24-11-4-3-5-12-24)21-38-37(44)47-22-31-29-17-8-6-15-27(29)28-16-7-9-18-30(28)31/h3-19,23,31-32H,20-22H2,1-2H3,(H,38,44)(H,40,43)/t32-/m0/s1. The van der Waals surface area contributed by atoms with E-state index in [1.807, 2.05) is 84.2 Å². The Morgan fingerprint density at radius 3 is 2.20 bits per heavy atom. The first-order valence-corrected chi connectivity index (χ1v) is 17.9. The first-order chi connectivity index (χ1) is 23.6. The number of rotatable bonds is 12. The Labute approximate surface area is 288 Å². The lowest BCUT2D eigenvalue weighted by Crippen LogP contribution is -2.49. The SMILES string of the molecule is CN(C)S(=O)(=O)c1cccc(C(=O)N[C@@H](CNC(=O)OCC2c3ccccc3-c3ccccc32)C(=O)Cc2nc(-c3ccccc3)cs2)c1. The lowest BCUT2D eigenvalue weighted by molar-refractivity contribution is -0.120. The number of carbonyl (C=O) groups is 3. The van der Waals surface area contributed by atoms with Crippen LogP contribution in [0.3, 0.4) is 0 Å². The molecule has 6 rings (SSSR count). The fourth-order valence-corrected chi connectivity index (χ4v) is 7.50.